The Bertz CT molecular complexity index is 1130. The number of hydrogen-bond donors (Lipinski definition) is 4. The number of carboxylic acids is 1. The van der Waals surface area contributed by atoms with Crippen LogP contribution in [0.4, 0.5) is 0 Å². The SMILES string of the molecule is CC(C)(CC(=O)O)CC(=O)N(Cc1ccccc1)C[C@@H]1C[C@H](O)[C@@H](n2ccc(=O)[nH]c2=O)[C@@H]1O. The molecule has 1 heterocycles. The standard InChI is InChI=1S/C24H31N3O7/c1-24(2,12-20(31)32)11-19(30)26(13-15-6-4-3-5-7-15)14-16-10-17(28)21(22(16)33)27-9-8-18(29)25-23(27)34/h3-9,16-17,21-22,28,33H,10-14H2,1-2H3,(H,31,32)(H,25,29,34)/t16-,17-,21+,22+/m0/s1. The van der Waals surface area contributed by atoms with Crippen molar-refractivity contribution < 1.29 is 24.9 Å². The van der Waals surface area contributed by atoms with Crippen LogP contribution in [0.5, 0.6) is 0 Å². The molecule has 184 valence electrons. The van der Waals surface area contributed by atoms with Crippen molar-refractivity contribution in [3.05, 3.63) is 69.0 Å². The molecule has 1 aromatic heterocycles. The van der Waals surface area contributed by atoms with E-state index in [9.17, 15) is 34.5 Å². The number of hydrogen-bond acceptors (Lipinski definition) is 6. The van der Waals surface area contributed by atoms with E-state index in [1.165, 1.54) is 6.20 Å². The first-order chi connectivity index (χ1) is 16.0. The van der Waals surface area contributed by atoms with E-state index >= 15 is 0 Å². The smallest absolute Gasteiger partial charge is 0.328 e. The molecule has 0 unspecified atom stereocenters. The Morgan fingerprint density at radius 2 is 1.79 bits per heavy atom. The van der Waals surface area contributed by atoms with Gasteiger partial charge in [0.05, 0.1) is 24.7 Å². The molecule has 10 heteroatoms. The van der Waals surface area contributed by atoms with Crippen molar-refractivity contribution in [2.75, 3.05) is 6.54 Å². The highest BCUT2D eigenvalue weighted by atomic mass is 16.4. The topological polar surface area (TPSA) is 153 Å². The molecule has 4 atom stereocenters. The van der Waals surface area contributed by atoms with Crippen LogP contribution in [0.1, 0.15) is 44.7 Å². The van der Waals surface area contributed by atoms with Crippen LogP contribution >= 0.6 is 0 Å². The van der Waals surface area contributed by atoms with E-state index in [0.717, 1.165) is 16.2 Å². The molecule has 1 aromatic carbocycles. The predicted octanol–water partition coefficient (Wildman–Crippen LogP) is 0.739. The van der Waals surface area contributed by atoms with E-state index in [4.69, 9.17) is 0 Å². The van der Waals surface area contributed by atoms with Gasteiger partial charge in [-0.1, -0.05) is 44.2 Å². The van der Waals surface area contributed by atoms with Crippen molar-refractivity contribution in [1.29, 1.82) is 0 Å². The van der Waals surface area contributed by atoms with Crippen molar-refractivity contribution in [1.82, 2.24) is 14.5 Å². The highest BCUT2D eigenvalue weighted by Gasteiger charge is 2.44. The van der Waals surface area contributed by atoms with E-state index < -0.39 is 46.8 Å². The maximum atomic E-state index is 13.3. The normalized spacial score (nSPS) is 22.5. The summed E-state index contributed by atoms with van der Waals surface area (Å²) in [6.45, 7) is 3.80. The molecule has 0 bridgehead atoms. The lowest BCUT2D eigenvalue weighted by molar-refractivity contribution is -0.141. The molecule has 0 radical (unpaired) electrons. The van der Waals surface area contributed by atoms with Gasteiger partial charge in [0, 0.05) is 37.7 Å². The fraction of sp³-hybridized carbons (Fsp3) is 0.500. The fourth-order valence-corrected chi connectivity index (χ4v) is 4.62. The van der Waals surface area contributed by atoms with Crippen LogP contribution in [0.2, 0.25) is 0 Å². The molecular formula is C24H31N3O7. The average Bonchev–Trinajstić information content (AvgIpc) is 3.00. The van der Waals surface area contributed by atoms with Gasteiger partial charge in [-0.15, -0.1) is 0 Å². The van der Waals surface area contributed by atoms with Gasteiger partial charge in [-0.25, -0.2) is 4.79 Å². The van der Waals surface area contributed by atoms with Gasteiger partial charge < -0.3 is 20.2 Å². The minimum Gasteiger partial charge on any atom is -0.481 e. The molecule has 10 nitrogen and oxygen atoms in total. The van der Waals surface area contributed by atoms with Crippen LogP contribution in [0.25, 0.3) is 0 Å². The Labute approximate surface area is 196 Å². The molecule has 0 aliphatic heterocycles. The van der Waals surface area contributed by atoms with Crippen LogP contribution < -0.4 is 11.2 Å². The summed E-state index contributed by atoms with van der Waals surface area (Å²) < 4.78 is 1.11. The molecule has 1 aliphatic rings. The van der Waals surface area contributed by atoms with Crippen LogP contribution in [0.15, 0.2) is 52.2 Å². The number of H-pyrrole nitrogens is 1. The number of aromatic amines is 1. The van der Waals surface area contributed by atoms with Gasteiger partial charge >= 0.3 is 11.7 Å². The number of benzene rings is 1. The number of aliphatic hydroxyl groups excluding tert-OH is 2. The van der Waals surface area contributed by atoms with E-state index in [2.05, 4.69) is 4.98 Å². The molecule has 1 aliphatic carbocycles. The third kappa shape index (κ3) is 6.21. The first-order valence-electron chi connectivity index (χ1n) is 11.2. The van der Waals surface area contributed by atoms with Crippen LogP contribution in [-0.2, 0) is 16.1 Å². The molecule has 1 amide bonds. The summed E-state index contributed by atoms with van der Waals surface area (Å²) >= 11 is 0. The minimum atomic E-state index is -1.14. The quantitative estimate of drug-likeness (QED) is 0.419. The number of aliphatic carboxylic acids is 1. The molecule has 34 heavy (non-hydrogen) atoms. The Kier molecular flexibility index (Phi) is 7.73. The number of carbonyl (C=O) groups is 2. The summed E-state index contributed by atoms with van der Waals surface area (Å²) in [4.78, 5) is 51.7. The molecule has 1 saturated carbocycles. The molecule has 2 aromatic rings. The lowest BCUT2D eigenvalue weighted by Gasteiger charge is -2.31. The van der Waals surface area contributed by atoms with Crippen LogP contribution in [-0.4, -0.2) is 60.4 Å². The maximum Gasteiger partial charge on any atom is 0.328 e. The molecular weight excluding hydrogens is 442 g/mol. The summed E-state index contributed by atoms with van der Waals surface area (Å²) in [5.41, 5.74) is -1.21. The summed E-state index contributed by atoms with van der Waals surface area (Å²) in [6.07, 6.45) is -0.978. The minimum absolute atomic E-state index is 0.000309. The second-order valence-corrected chi connectivity index (χ2v) is 9.73. The fourth-order valence-electron chi connectivity index (χ4n) is 4.62. The van der Waals surface area contributed by atoms with E-state index in [1.54, 1.807) is 18.7 Å². The average molecular weight is 474 g/mol. The van der Waals surface area contributed by atoms with E-state index in [-0.39, 0.29) is 38.3 Å². The highest BCUT2D eigenvalue weighted by Crippen LogP contribution is 2.36. The lowest BCUT2D eigenvalue weighted by atomic mass is 9.85. The van der Waals surface area contributed by atoms with Crippen molar-refractivity contribution in [3.8, 4) is 0 Å². The van der Waals surface area contributed by atoms with Gasteiger partial charge in [-0.3, -0.25) is 23.9 Å². The van der Waals surface area contributed by atoms with Gasteiger partial charge in [0.1, 0.15) is 0 Å². The van der Waals surface area contributed by atoms with Crippen molar-refractivity contribution >= 4 is 11.9 Å². The van der Waals surface area contributed by atoms with Gasteiger partial charge in [-0.05, 0) is 17.4 Å². The molecule has 0 saturated heterocycles. The summed E-state index contributed by atoms with van der Waals surface area (Å²) in [6, 6.07) is 9.46. The number of carbonyl (C=O) groups excluding carboxylic acids is 1. The number of rotatable bonds is 9. The largest absolute Gasteiger partial charge is 0.481 e. The third-order valence-electron chi connectivity index (χ3n) is 6.23. The van der Waals surface area contributed by atoms with Crippen molar-refractivity contribution in [2.24, 2.45) is 11.3 Å². The van der Waals surface area contributed by atoms with Gasteiger partial charge in [-0.2, -0.15) is 0 Å². The predicted molar refractivity (Wildman–Crippen MR) is 123 cm³/mol. The van der Waals surface area contributed by atoms with Crippen molar-refractivity contribution in [2.45, 2.75) is 57.9 Å². The summed E-state index contributed by atoms with van der Waals surface area (Å²) in [7, 11) is 0. The van der Waals surface area contributed by atoms with E-state index in [1.807, 2.05) is 30.3 Å². The monoisotopic (exact) mass is 473 g/mol. The second-order valence-electron chi connectivity index (χ2n) is 9.73. The molecule has 3 rings (SSSR count). The first kappa shape index (κ1) is 25.4. The Balaban J connectivity index is 1.82. The lowest BCUT2D eigenvalue weighted by Crippen LogP contribution is -2.42. The third-order valence-corrected chi connectivity index (χ3v) is 6.23. The summed E-state index contributed by atoms with van der Waals surface area (Å²) in [5, 5.41) is 30.8. The zero-order chi connectivity index (χ0) is 25.0. The second kappa shape index (κ2) is 10.4. The molecule has 0 spiro atoms. The number of carboxylic acid groups (broad SMARTS) is 1. The first-order valence-corrected chi connectivity index (χ1v) is 11.2. The number of amides is 1. The van der Waals surface area contributed by atoms with E-state index in [0.29, 0.717) is 0 Å². The van der Waals surface area contributed by atoms with Gasteiger partial charge in [0.2, 0.25) is 5.91 Å². The van der Waals surface area contributed by atoms with Gasteiger partial charge in [0.15, 0.2) is 0 Å². The summed E-state index contributed by atoms with van der Waals surface area (Å²) in [5.74, 6) is -1.79. The molecule has 1 fully saturated rings. The van der Waals surface area contributed by atoms with Crippen molar-refractivity contribution in [3.63, 3.8) is 0 Å². The Morgan fingerprint density at radius 1 is 1.12 bits per heavy atom. The number of aliphatic hydroxyl groups is 2. The van der Waals surface area contributed by atoms with Crippen LogP contribution in [0.3, 0.4) is 0 Å². The van der Waals surface area contributed by atoms with Gasteiger partial charge in [0.25, 0.3) is 5.56 Å². The maximum absolute atomic E-state index is 13.3. The zero-order valence-corrected chi connectivity index (χ0v) is 19.3. The highest BCUT2D eigenvalue weighted by molar-refractivity contribution is 5.78. The van der Waals surface area contributed by atoms with Crippen LogP contribution in [0, 0.1) is 11.3 Å². The number of aromatic nitrogens is 2. The Hall–Kier alpha value is -3.24. The Morgan fingerprint density at radius 3 is 2.41 bits per heavy atom. The number of nitrogens with one attached hydrogen (secondary N) is 1. The zero-order valence-electron chi connectivity index (χ0n) is 19.3. The number of nitrogens with zero attached hydrogens (tertiary/aromatic N) is 2. The molecule has 4 N–H and O–H groups in total.